The predicted octanol–water partition coefficient (Wildman–Crippen LogP) is -1.80. The van der Waals surface area contributed by atoms with Crippen LogP contribution in [-0.2, 0) is 34.5 Å². The van der Waals surface area contributed by atoms with Gasteiger partial charge in [-0.1, -0.05) is 18.2 Å². The Bertz CT molecular complexity index is 1510. The highest BCUT2D eigenvalue weighted by molar-refractivity contribution is 7.85. The van der Waals surface area contributed by atoms with Gasteiger partial charge in [-0.15, -0.1) is 0 Å². The Morgan fingerprint density at radius 2 is 1.97 bits per heavy atom. The van der Waals surface area contributed by atoms with E-state index in [4.69, 9.17) is 19.4 Å². The molecule has 17 heteroatoms. The van der Waals surface area contributed by atoms with Crippen LogP contribution in [0.15, 0.2) is 36.9 Å². The van der Waals surface area contributed by atoms with Crippen molar-refractivity contribution in [3.63, 3.8) is 0 Å². The van der Waals surface area contributed by atoms with Gasteiger partial charge in [-0.2, -0.15) is 8.42 Å². The summed E-state index contributed by atoms with van der Waals surface area (Å²) >= 11 is 0. The second-order valence-electron chi connectivity index (χ2n) is 8.61. The largest absolute Gasteiger partial charge is 0.425 e. The number of fused-ring (bicyclic) bond motifs is 2. The molecule has 5 atom stereocenters. The predicted molar refractivity (Wildman–Crippen MR) is 124 cm³/mol. The normalized spacial score (nSPS) is 26.9. The summed E-state index contributed by atoms with van der Waals surface area (Å²) in [5.74, 6) is -3.82. The zero-order chi connectivity index (χ0) is 27.2. The topological polar surface area (TPSA) is 238 Å². The third-order valence-corrected chi connectivity index (χ3v) is 7.07. The first-order valence-electron chi connectivity index (χ1n) is 11.2. The zero-order valence-electron chi connectivity index (χ0n) is 19.4. The quantitative estimate of drug-likeness (QED) is 0.195. The van der Waals surface area contributed by atoms with Crippen molar-refractivity contribution in [2.24, 2.45) is 0 Å². The van der Waals surface area contributed by atoms with E-state index in [2.05, 4.69) is 15.0 Å². The molecular formula is C21H22N6O10S. The Morgan fingerprint density at radius 1 is 1.21 bits per heavy atom. The van der Waals surface area contributed by atoms with Crippen molar-refractivity contribution >= 4 is 39.2 Å². The number of cyclic esters (lactones) is 1. The molecule has 2 aromatic heterocycles. The van der Waals surface area contributed by atoms with Gasteiger partial charge in [-0.05, 0) is 6.07 Å². The number of nitrogens with one attached hydrogen (secondary N) is 1. The fraction of sp³-hybridized carbons (Fsp3) is 0.381. The Morgan fingerprint density at radius 3 is 2.76 bits per heavy atom. The fourth-order valence-corrected chi connectivity index (χ4v) is 5.02. The van der Waals surface area contributed by atoms with E-state index in [0.29, 0.717) is 0 Å². The number of ether oxygens (including phenoxy) is 2. The summed E-state index contributed by atoms with van der Waals surface area (Å²) in [6.07, 6.45) is -4.09. The minimum atomic E-state index is -4.68. The molecular weight excluding hydrogens is 528 g/mol. The molecule has 0 radical (unpaired) electrons. The molecule has 0 bridgehead atoms. The number of aliphatic hydroxyl groups excluding tert-OH is 2. The van der Waals surface area contributed by atoms with E-state index < -0.39 is 72.0 Å². The molecule has 6 N–H and O–H groups in total. The lowest BCUT2D eigenvalue weighted by Crippen LogP contribution is -2.38. The lowest BCUT2D eigenvalue weighted by atomic mass is 9.98. The first-order valence-corrected chi connectivity index (χ1v) is 12.6. The molecule has 5 rings (SSSR count). The summed E-state index contributed by atoms with van der Waals surface area (Å²) in [5, 5.41) is 31.5. The minimum absolute atomic E-state index is 0.0888. The monoisotopic (exact) mass is 550 g/mol. The molecule has 16 nitrogen and oxygen atoms in total. The van der Waals surface area contributed by atoms with Gasteiger partial charge in [-0.25, -0.2) is 24.5 Å². The second kappa shape index (κ2) is 9.53. The van der Waals surface area contributed by atoms with Crippen molar-refractivity contribution < 1.29 is 47.0 Å². The van der Waals surface area contributed by atoms with E-state index in [-0.39, 0.29) is 28.1 Å². The van der Waals surface area contributed by atoms with Gasteiger partial charge in [0.1, 0.15) is 30.2 Å². The van der Waals surface area contributed by atoms with Crippen molar-refractivity contribution in [3.8, 4) is 0 Å². The summed E-state index contributed by atoms with van der Waals surface area (Å²) in [4.78, 5) is 36.1. The van der Waals surface area contributed by atoms with E-state index in [1.807, 2.05) is 0 Å². The van der Waals surface area contributed by atoms with Crippen LogP contribution in [0.1, 0.15) is 35.0 Å². The first-order chi connectivity index (χ1) is 18.0. The van der Waals surface area contributed by atoms with Gasteiger partial charge in [0.15, 0.2) is 17.7 Å². The second-order valence-corrected chi connectivity index (χ2v) is 9.96. The van der Waals surface area contributed by atoms with Crippen LogP contribution >= 0.6 is 0 Å². The number of hydrogen-bond acceptors (Lipinski definition) is 14. The number of aliphatic hydroxyl groups is 3. The van der Waals surface area contributed by atoms with Crippen molar-refractivity contribution in [2.45, 2.75) is 43.2 Å². The molecule has 38 heavy (non-hydrogen) atoms. The molecule has 0 saturated carbocycles. The number of rotatable bonds is 8. The van der Waals surface area contributed by atoms with E-state index in [1.54, 1.807) is 16.9 Å². The average molecular weight is 551 g/mol. The Labute approximate surface area is 214 Å². The maximum Gasteiger partial charge on any atom is 0.362 e. The molecule has 1 amide bonds. The lowest BCUT2D eigenvalue weighted by Gasteiger charge is -2.21. The van der Waals surface area contributed by atoms with Crippen molar-refractivity contribution in [2.75, 3.05) is 12.3 Å². The van der Waals surface area contributed by atoms with Crippen molar-refractivity contribution in [1.82, 2.24) is 24.2 Å². The molecule has 2 aliphatic rings. The first kappa shape index (κ1) is 25.9. The molecule has 2 aliphatic heterocycles. The van der Waals surface area contributed by atoms with Gasteiger partial charge in [0.2, 0.25) is 11.7 Å². The smallest absolute Gasteiger partial charge is 0.362 e. The number of amides is 1. The standard InChI is InChI=1S/C21H22N6O10S/c22-17-14-18(24-8-23-17)27(9-25-14)19-16(30)15(29)12(36-19)7-35-38(33,34)26-13(28)5-6-21(32)11-4-2-1-3-10(11)20(31)37-21/h1-4,8-9,12,15-16,19,29-30,32H,5-7H2,(H,26,28)(H2,22,23,24)/t12-,15-,16-,19-,21?/m1/s1. The highest BCUT2D eigenvalue weighted by Gasteiger charge is 2.46. The van der Waals surface area contributed by atoms with Gasteiger partial charge in [-0.3, -0.25) is 13.5 Å². The molecule has 0 aliphatic carbocycles. The van der Waals surface area contributed by atoms with Gasteiger partial charge in [0.25, 0.3) is 0 Å². The minimum Gasteiger partial charge on any atom is -0.425 e. The molecule has 3 aromatic rings. The molecule has 0 spiro atoms. The number of nitrogen functional groups attached to an aromatic ring is 1. The zero-order valence-corrected chi connectivity index (χ0v) is 20.2. The summed E-state index contributed by atoms with van der Waals surface area (Å²) in [5.41, 5.74) is 6.51. The molecule has 1 unspecified atom stereocenters. The van der Waals surface area contributed by atoms with Gasteiger partial charge >= 0.3 is 16.3 Å². The molecule has 1 saturated heterocycles. The van der Waals surface area contributed by atoms with Crippen LogP contribution in [0.2, 0.25) is 0 Å². The summed E-state index contributed by atoms with van der Waals surface area (Å²) in [7, 11) is -4.68. The van der Waals surface area contributed by atoms with Crippen molar-refractivity contribution in [3.05, 3.63) is 48.0 Å². The van der Waals surface area contributed by atoms with Crippen LogP contribution in [0.4, 0.5) is 5.82 Å². The Hall–Kier alpha value is -3.74. The number of imidazole rings is 1. The molecule has 1 aromatic carbocycles. The highest BCUT2D eigenvalue weighted by atomic mass is 32.2. The Balaban J connectivity index is 1.17. The lowest BCUT2D eigenvalue weighted by molar-refractivity contribution is -0.170. The number of anilines is 1. The molecule has 202 valence electrons. The number of esters is 1. The number of nitrogens with two attached hydrogens (primary N) is 1. The van der Waals surface area contributed by atoms with E-state index in [1.165, 1.54) is 29.4 Å². The van der Waals surface area contributed by atoms with Crippen LogP contribution in [0, 0.1) is 0 Å². The Kier molecular flexibility index (Phi) is 6.49. The van der Waals surface area contributed by atoms with E-state index in [9.17, 15) is 33.3 Å². The summed E-state index contributed by atoms with van der Waals surface area (Å²) in [6.45, 7) is -0.754. The number of aromatic nitrogens is 4. The average Bonchev–Trinajstić information content (AvgIpc) is 3.51. The number of benzene rings is 1. The number of carbonyl (C=O) groups is 2. The van der Waals surface area contributed by atoms with E-state index >= 15 is 0 Å². The number of carbonyl (C=O) groups excluding carboxylic acids is 2. The molecule has 4 heterocycles. The van der Waals surface area contributed by atoms with Gasteiger partial charge in [0.05, 0.1) is 18.5 Å². The SMILES string of the molecule is Nc1ncnc2c1ncn2[C@@H]1O[C@H](COS(=O)(=O)NC(=O)CCC2(O)OC(=O)c3ccccc32)[C@@H](O)[C@H]1O. The van der Waals surface area contributed by atoms with E-state index in [0.717, 1.165) is 0 Å². The number of hydrogen-bond donors (Lipinski definition) is 5. The van der Waals surface area contributed by atoms with Crippen LogP contribution in [-0.4, -0.2) is 80.1 Å². The van der Waals surface area contributed by atoms with Crippen LogP contribution < -0.4 is 10.5 Å². The maximum atomic E-state index is 12.3. The third kappa shape index (κ3) is 4.66. The van der Waals surface area contributed by atoms with Crippen LogP contribution in [0.3, 0.4) is 0 Å². The molecule has 1 fully saturated rings. The van der Waals surface area contributed by atoms with Crippen LogP contribution in [0.5, 0.6) is 0 Å². The summed E-state index contributed by atoms with van der Waals surface area (Å²) < 4.78 is 42.9. The van der Waals surface area contributed by atoms with Crippen molar-refractivity contribution in [1.29, 1.82) is 0 Å². The third-order valence-electron chi connectivity index (χ3n) is 6.15. The fourth-order valence-electron chi connectivity index (χ4n) is 4.26. The summed E-state index contributed by atoms with van der Waals surface area (Å²) in [6, 6.07) is 6.06. The van der Waals surface area contributed by atoms with Crippen LogP contribution in [0.25, 0.3) is 11.2 Å². The number of nitrogens with zero attached hydrogens (tertiary/aromatic N) is 4. The van der Waals surface area contributed by atoms with Gasteiger partial charge in [0, 0.05) is 18.4 Å². The highest BCUT2D eigenvalue weighted by Crippen LogP contribution is 2.37. The van der Waals surface area contributed by atoms with Gasteiger partial charge < -0.3 is 30.5 Å². The maximum absolute atomic E-state index is 12.3.